The third-order valence-electron chi connectivity index (χ3n) is 8.06. The van der Waals surface area contributed by atoms with Gasteiger partial charge in [0.25, 0.3) is 0 Å². The number of anilines is 1. The van der Waals surface area contributed by atoms with Gasteiger partial charge in [-0.15, -0.1) is 0 Å². The minimum Gasteiger partial charge on any atom is -0.490 e. The van der Waals surface area contributed by atoms with E-state index in [0.717, 1.165) is 25.3 Å². The first-order valence-corrected chi connectivity index (χ1v) is 15.4. The van der Waals surface area contributed by atoms with Crippen molar-refractivity contribution >= 4 is 18.1 Å². The van der Waals surface area contributed by atoms with Crippen molar-refractivity contribution in [3.8, 4) is 5.75 Å². The average Bonchev–Trinajstić information content (AvgIpc) is 3.35. The van der Waals surface area contributed by atoms with Gasteiger partial charge in [-0.25, -0.2) is 28.3 Å². The van der Waals surface area contributed by atoms with Crippen LogP contribution in [0.4, 0.5) is 24.3 Å². The zero-order chi connectivity index (χ0) is 32.0. The molecule has 2 saturated heterocycles. The summed E-state index contributed by atoms with van der Waals surface area (Å²) in [5.41, 5.74) is -0.402. The molecule has 0 bridgehead atoms. The van der Waals surface area contributed by atoms with Crippen LogP contribution in [0.5, 0.6) is 5.75 Å². The highest BCUT2D eigenvalue weighted by atomic mass is 19.1. The topological polar surface area (TPSA) is 106 Å². The first-order valence-electron chi connectivity index (χ1n) is 15.4. The molecule has 3 atom stereocenters. The fourth-order valence-electron chi connectivity index (χ4n) is 5.76. The van der Waals surface area contributed by atoms with Crippen LogP contribution < -0.4 is 15.0 Å². The molecular weight excluding hydrogens is 572 g/mol. The molecule has 3 heterocycles. The van der Waals surface area contributed by atoms with Crippen LogP contribution in [0.1, 0.15) is 72.3 Å². The first-order chi connectivity index (χ1) is 20.8. The van der Waals surface area contributed by atoms with E-state index in [1.807, 2.05) is 18.7 Å². The molecule has 2 amide bonds. The molecular formula is C32H45F2N5O5. The molecule has 0 radical (unpaired) electrons. The van der Waals surface area contributed by atoms with Gasteiger partial charge in [-0.05, 0) is 77.3 Å². The number of likely N-dealkylation sites (tertiary alicyclic amines) is 1. The van der Waals surface area contributed by atoms with E-state index in [9.17, 15) is 18.4 Å². The maximum absolute atomic E-state index is 14.8. The summed E-state index contributed by atoms with van der Waals surface area (Å²) in [6, 6.07) is 2.95. The van der Waals surface area contributed by atoms with Crippen molar-refractivity contribution in [3.05, 3.63) is 47.8 Å². The number of nitrogens with one attached hydrogen (secondary N) is 1. The van der Waals surface area contributed by atoms with Gasteiger partial charge in [0.2, 0.25) is 5.95 Å². The van der Waals surface area contributed by atoms with Gasteiger partial charge >= 0.3 is 12.2 Å². The fraction of sp³-hybridized carbons (Fsp3) is 0.625. The summed E-state index contributed by atoms with van der Waals surface area (Å²) in [5.74, 6) is 0.0752. The number of piperidine rings is 1. The number of benzene rings is 1. The van der Waals surface area contributed by atoms with Gasteiger partial charge in [-0.1, -0.05) is 13.0 Å². The summed E-state index contributed by atoms with van der Waals surface area (Å²) < 4.78 is 45.1. The Balaban J connectivity index is 1.31. The van der Waals surface area contributed by atoms with Crippen molar-refractivity contribution in [1.82, 2.24) is 20.2 Å². The minimum absolute atomic E-state index is 0.120. The highest BCUT2D eigenvalue weighted by Gasteiger charge is 2.38. The summed E-state index contributed by atoms with van der Waals surface area (Å²) in [6.07, 6.45) is 4.98. The van der Waals surface area contributed by atoms with Crippen LogP contribution in [-0.4, -0.2) is 77.6 Å². The fourth-order valence-corrected chi connectivity index (χ4v) is 5.76. The predicted octanol–water partition coefficient (Wildman–Crippen LogP) is 5.91. The van der Waals surface area contributed by atoms with Crippen LogP contribution in [-0.2, 0) is 9.47 Å². The molecule has 44 heavy (non-hydrogen) atoms. The monoisotopic (exact) mass is 617 g/mol. The van der Waals surface area contributed by atoms with Gasteiger partial charge < -0.3 is 29.3 Å². The van der Waals surface area contributed by atoms with Crippen molar-refractivity contribution in [2.45, 2.75) is 84.5 Å². The molecule has 0 unspecified atom stereocenters. The third kappa shape index (κ3) is 9.15. The quantitative estimate of drug-likeness (QED) is 0.370. The Morgan fingerprint density at radius 2 is 1.75 bits per heavy atom. The number of ether oxygens (including phenoxy) is 3. The number of rotatable bonds is 9. The van der Waals surface area contributed by atoms with E-state index < -0.39 is 35.3 Å². The van der Waals surface area contributed by atoms with Gasteiger partial charge in [0, 0.05) is 38.2 Å². The summed E-state index contributed by atoms with van der Waals surface area (Å²) in [4.78, 5) is 37.3. The van der Waals surface area contributed by atoms with E-state index in [4.69, 9.17) is 14.2 Å². The number of aromatic nitrogens is 2. The average molecular weight is 618 g/mol. The normalized spacial score (nSPS) is 20.0. The van der Waals surface area contributed by atoms with Crippen molar-refractivity contribution in [3.63, 3.8) is 0 Å². The number of alkyl carbamates (subject to hydrolysis) is 1. The number of hydrogen-bond donors (Lipinski definition) is 1. The van der Waals surface area contributed by atoms with E-state index in [2.05, 4.69) is 22.2 Å². The Hall–Kier alpha value is -3.70. The molecule has 0 spiro atoms. The molecule has 4 rings (SSSR count). The molecule has 12 heteroatoms. The number of nitrogens with zero attached hydrogens (tertiary/aromatic N) is 4. The first kappa shape index (κ1) is 33.2. The van der Waals surface area contributed by atoms with Gasteiger partial charge in [0.1, 0.15) is 17.2 Å². The van der Waals surface area contributed by atoms with Crippen molar-refractivity contribution in [1.29, 1.82) is 0 Å². The second-order valence-electron chi connectivity index (χ2n) is 13.0. The molecule has 0 aliphatic carbocycles. The maximum atomic E-state index is 14.8. The zero-order valence-corrected chi connectivity index (χ0v) is 26.5. The summed E-state index contributed by atoms with van der Waals surface area (Å²) in [7, 11) is 0. The lowest BCUT2D eigenvalue weighted by Crippen LogP contribution is -2.43. The van der Waals surface area contributed by atoms with Crippen LogP contribution in [0.15, 0.2) is 30.6 Å². The Labute approximate surface area is 258 Å². The van der Waals surface area contributed by atoms with Gasteiger partial charge in [-0.2, -0.15) is 0 Å². The molecule has 2 fully saturated rings. The summed E-state index contributed by atoms with van der Waals surface area (Å²) in [5, 5.41) is 2.85. The SMILES string of the molecule is CC(C)OC(=O)N1CCC([C@H](C)CCOc2cnc(N3C[C@H](NC(=O)OC(C)(C)C)[C@@H](c4ccc(F)cc4F)C3)nc2)CC1. The Morgan fingerprint density at radius 1 is 1.07 bits per heavy atom. The Bertz CT molecular complexity index is 1260. The van der Waals surface area contributed by atoms with Gasteiger partial charge in [-0.3, -0.25) is 0 Å². The van der Waals surface area contributed by atoms with Crippen LogP contribution >= 0.6 is 0 Å². The predicted molar refractivity (Wildman–Crippen MR) is 162 cm³/mol. The van der Waals surface area contributed by atoms with Crippen LogP contribution in [0.3, 0.4) is 0 Å². The second-order valence-corrected chi connectivity index (χ2v) is 13.0. The van der Waals surface area contributed by atoms with E-state index >= 15 is 0 Å². The highest BCUT2D eigenvalue weighted by molar-refractivity contribution is 5.69. The second kappa shape index (κ2) is 14.4. The number of halogens is 2. The molecule has 0 saturated carbocycles. The van der Waals surface area contributed by atoms with Crippen LogP contribution in [0.25, 0.3) is 0 Å². The number of hydrogen-bond acceptors (Lipinski definition) is 8. The molecule has 1 N–H and O–H groups in total. The standard InChI is InChI=1S/C32H45F2N5O5/c1-20(2)43-31(41)38-12-9-22(10-13-38)21(3)11-14-42-24-16-35-29(36-17-24)39-18-26(25-8-7-23(33)15-27(25)34)28(19-39)37-30(40)44-32(4,5)6/h7-8,15-17,20-22,26,28H,9-14,18-19H2,1-6H3,(H,37,40)/t21-,26-,28+/m1/s1. The van der Waals surface area contributed by atoms with Crippen LogP contribution in [0, 0.1) is 23.5 Å². The lowest BCUT2D eigenvalue weighted by atomic mass is 9.84. The number of carbonyl (C=O) groups excluding carboxylic acids is 2. The van der Waals surface area contributed by atoms with Crippen molar-refractivity contribution in [2.75, 3.05) is 37.7 Å². The molecule has 2 aliphatic rings. The molecule has 2 aromatic rings. The smallest absolute Gasteiger partial charge is 0.410 e. The van der Waals surface area contributed by atoms with Crippen LogP contribution in [0.2, 0.25) is 0 Å². The molecule has 1 aromatic heterocycles. The maximum Gasteiger partial charge on any atom is 0.410 e. The largest absolute Gasteiger partial charge is 0.490 e. The van der Waals surface area contributed by atoms with E-state index in [1.54, 1.807) is 38.1 Å². The molecule has 242 valence electrons. The lowest BCUT2D eigenvalue weighted by Gasteiger charge is -2.34. The molecule has 1 aromatic carbocycles. The van der Waals surface area contributed by atoms with E-state index in [0.29, 0.717) is 61.9 Å². The third-order valence-corrected chi connectivity index (χ3v) is 8.06. The van der Waals surface area contributed by atoms with Gasteiger partial charge in [0.15, 0.2) is 5.75 Å². The number of amides is 2. The highest BCUT2D eigenvalue weighted by Crippen LogP contribution is 2.32. The van der Waals surface area contributed by atoms with Crippen molar-refractivity contribution in [2.24, 2.45) is 11.8 Å². The summed E-state index contributed by atoms with van der Waals surface area (Å²) >= 11 is 0. The Morgan fingerprint density at radius 3 is 2.36 bits per heavy atom. The van der Waals surface area contributed by atoms with E-state index in [1.165, 1.54) is 12.1 Å². The van der Waals surface area contributed by atoms with Gasteiger partial charge in [0.05, 0.1) is 31.1 Å². The van der Waals surface area contributed by atoms with E-state index in [-0.39, 0.29) is 12.2 Å². The molecule has 2 aliphatic heterocycles. The summed E-state index contributed by atoms with van der Waals surface area (Å²) in [6.45, 7) is 13.8. The molecule has 10 nitrogen and oxygen atoms in total. The zero-order valence-electron chi connectivity index (χ0n) is 26.5. The number of carbonyl (C=O) groups is 2. The minimum atomic E-state index is -0.698. The lowest BCUT2D eigenvalue weighted by molar-refractivity contribution is 0.0503. The Kier molecular flexibility index (Phi) is 10.9. The van der Waals surface area contributed by atoms with Crippen molar-refractivity contribution < 1.29 is 32.6 Å².